The Morgan fingerprint density at radius 3 is 1.67 bits per heavy atom. The summed E-state index contributed by atoms with van der Waals surface area (Å²) in [4.78, 5) is 5.19. The molecule has 0 atom stereocenters. The van der Waals surface area contributed by atoms with Gasteiger partial charge < -0.3 is 10.6 Å². The predicted molar refractivity (Wildman–Crippen MR) is 159 cm³/mol. The molecule has 0 radical (unpaired) electrons. The van der Waals surface area contributed by atoms with Crippen LogP contribution in [0.2, 0.25) is 0 Å². The van der Waals surface area contributed by atoms with E-state index in [1.807, 2.05) is 0 Å². The highest BCUT2D eigenvalue weighted by molar-refractivity contribution is 6.00. The molecule has 0 bridgehead atoms. The van der Waals surface area contributed by atoms with Crippen molar-refractivity contribution in [3.63, 3.8) is 0 Å². The topological polar surface area (TPSA) is 36.4 Å². The molecule has 0 aromatic heterocycles. The van der Waals surface area contributed by atoms with Gasteiger partial charge in [-0.15, -0.1) is 0 Å². The zero-order chi connectivity index (χ0) is 26.6. The van der Waals surface area contributed by atoms with Crippen LogP contribution in [0.25, 0.3) is 0 Å². The number of anilines is 1. The minimum absolute atomic E-state index is 0.418. The molecule has 2 aromatic carbocycles. The molecule has 0 spiro atoms. The lowest BCUT2D eigenvalue weighted by Crippen LogP contribution is -2.22. The van der Waals surface area contributed by atoms with Gasteiger partial charge in [-0.1, -0.05) is 97.9 Å². The number of benzene rings is 2. The second-order valence-electron chi connectivity index (χ2n) is 11.1. The molecule has 0 aliphatic carbocycles. The molecule has 0 saturated heterocycles. The van der Waals surface area contributed by atoms with Crippen LogP contribution < -0.4 is 10.6 Å². The van der Waals surface area contributed by atoms with Crippen molar-refractivity contribution in [2.24, 2.45) is 4.99 Å². The molecule has 0 amide bonds. The summed E-state index contributed by atoms with van der Waals surface area (Å²) in [6.45, 7) is 22.2. The Labute approximate surface area is 219 Å². The van der Waals surface area contributed by atoms with Crippen molar-refractivity contribution >= 4 is 17.1 Å². The van der Waals surface area contributed by atoms with Gasteiger partial charge in [-0.05, 0) is 71.9 Å². The number of nitrogens with zero attached hydrogens (tertiary/aromatic N) is 1. The molecule has 36 heavy (non-hydrogen) atoms. The average Bonchev–Trinajstić information content (AvgIpc) is 2.83. The third-order valence-electron chi connectivity index (χ3n) is 6.90. The number of allylic oxidation sites excluding steroid dienone is 5. The highest BCUT2D eigenvalue weighted by Crippen LogP contribution is 2.36. The van der Waals surface area contributed by atoms with E-state index in [1.54, 1.807) is 0 Å². The number of hydrogen-bond acceptors (Lipinski definition) is 3. The number of dihydropyridines is 1. The van der Waals surface area contributed by atoms with E-state index in [2.05, 4.69) is 134 Å². The maximum absolute atomic E-state index is 5.19. The minimum Gasteiger partial charge on any atom is -0.357 e. The van der Waals surface area contributed by atoms with Gasteiger partial charge in [0, 0.05) is 11.4 Å². The summed E-state index contributed by atoms with van der Waals surface area (Å²) >= 11 is 0. The highest BCUT2D eigenvalue weighted by atomic mass is 15.0. The van der Waals surface area contributed by atoms with Crippen molar-refractivity contribution in [2.75, 3.05) is 5.32 Å². The highest BCUT2D eigenvalue weighted by Gasteiger charge is 2.17. The molecular formula is C33H45N3. The summed E-state index contributed by atoms with van der Waals surface area (Å²) in [7, 11) is 0. The lowest BCUT2D eigenvalue weighted by atomic mass is 9.92. The van der Waals surface area contributed by atoms with E-state index >= 15 is 0 Å². The molecule has 0 fully saturated rings. The Morgan fingerprint density at radius 2 is 1.19 bits per heavy atom. The summed E-state index contributed by atoms with van der Waals surface area (Å²) in [6, 6.07) is 13.2. The Kier molecular flexibility index (Phi) is 9.00. The van der Waals surface area contributed by atoms with Gasteiger partial charge in [0.2, 0.25) is 0 Å². The number of hydrogen-bond donors (Lipinski definition) is 2. The second kappa shape index (κ2) is 11.8. The summed E-state index contributed by atoms with van der Waals surface area (Å²) in [5, 5.41) is 7.42. The largest absolute Gasteiger partial charge is 0.357 e. The van der Waals surface area contributed by atoms with Crippen LogP contribution in [-0.4, -0.2) is 5.71 Å². The zero-order valence-corrected chi connectivity index (χ0v) is 24.0. The quantitative estimate of drug-likeness (QED) is 0.367. The average molecular weight is 484 g/mol. The van der Waals surface area contributed by atoms with Gasteiger partial charge in [0.1, 0.15) is 0 Å². The van der Waals surface area contributed by atoms with E-state index in [0.29, 0.717) is 23.7 Å². The molecule has 0 saturated carbocycles. The maximum Gasteiger partial charge on any atom is 0.0702 e. The van der Waals surface area contributed by atoms with Crippen LogP contribution in [0.5, 0.6) is 0 Å². The van der Waals surface area contributed by atoms with Crippen LogP contribution in [0.1, 0.15) is 115 Å². The van der Waals surface area contributed by atoms with Gasteiger partial charge in [-0.3, -0.25) is 4.99 Å². The van der Waals surface area contributed by atoms with Crippen LogP contribution in [-0.2, 0) is 0 Å². The van der Waals surface area contributed by atoms with Gasteiger partial charge >= 0.3 is 0 Å². The van der Waals surface area contributed by atoms with E-state index in [4.69, 9.17) is 4.99 Å². The zero-order valence-electron chi connectivity index (χ0n) is 24.0. The Hall–Kier alpha value is -3.07. The van der Waals surface area contributed by atoms with E-state index in [0.717, 1.165) is 28.5 Å². The van der Waals surface area contributed by atoms with Crippen molar-refractivity contribution in [1.82, 2.24) is 5.32 Å². The fourth-order valence-corrected chi connectivity index (χ4v) is 4.72. The summed E-state index contributed by atoms with van der Waals surface area (Å²) in [5.74, 6) is 1.72. The maximum atomic E-state index is 5.19. The van der Waals surface area contributed by atoms with Crippen molar-refractivity contribution in [2.45, 2.75) is 92.9 Å². The Morgan fingerprint density at radius 1 is 0.722 bits per heavy atom. The Balaban J connectivity index is 1.96. The van der Waals surface area contributed by atoms with Gasteiger partial charge in [-0.25, -0.2) is 0 Å². The molecule has 2 aromatic rings. The van der Waals surface area contributed by atoms with Crippen molar-refractivity contribution < 1.29 is 0 Å². The molecule has 2 N–H and O–H groups in total. The number of aliphatic imine (C=N–C) groups is 1. The van der Waals surface area contributed by atoms with E-state index in [9.17, 15) is 0 Å². The summed E-state index contributed by atoms with van der Waals surface area (Å²) < 4.78 is 0. The van der Waals surface area contributed by atoms with E-state index in [-0.39, 0.29) is 0 Å². The first-order chi connectivity index (χ1) is 17.0. The first-order valence-corrected chi connectivity index (χ1v) is 13.5. The SMILES string of the molecule is CC(=Nc1c(C(C)C)cccc1C(C)C)C1=CC=C/C(=C(/C)Nc2c(C(C)C)cccc2C(C)C)N1. The standard InChI is InChI=1S/C33H45N3/c1-20(2)26-14-11-15-27(21(3)4)32(26)34-24(9)30-18-13-19-31(36-30)25(10)35-33-28(22(5)6)16-12-17-29(33)23(7)8/h11-23,34,36H,1-10H3/b30-24+,35-25?. The fourth-order valence-electron chi connectivity index (χ4n) is 4.72. The number of nitrogens with one attached hydrogen (secondary N) is 2. The molecule has 1 aliphatic heterocycles. The molecule has 3 rings (SSSR count). The third kappa shape index (κ3) is 6.19. The van der Waals surface area contributed by atoms with Crippen LogP contribution in [0.3, 0.4) is 0 Å². The van der Waals surface area contributed by atoms with Crippen molar-refractivity contribution in [3.8, 4) is 0 Å². The first-order valence-electron chi connectivity index (χ1n) is 13.5. The monoisotopic (exact) mass is 483 g/mol. The smallest absolute Gasteiger partial charge is 0.0702 e. The number of para-hydroxylation sites is 2. The molecule has 1 heterocycles. The van der Waals surface area contributed by atoms with Gasteiger partial charge in [-0.2, -0.15) is 0 Å². The van der Waals surface area contributed by atoms with E-state index in [1.165, 1.54) is 27.9 Å². The van der Waals surface area contributed by atoms with Gasteiger partial charge in [0.05, 0.1) is 22.8 Å². The predicted octanol–water partition coefficient (Wildman–Crippen LogP) is 9.66. The molecular weight excluding hydrogens is 438 g/mol. The summed E-state index contributed by atoms with van der Waals surface area (Å²) in [5.41, 5.74) is 11.8. The third-order valence-corrected chi connectivity index (χ3v) is 6.90. The minimum atomic E-state index is 0.418. The normalized spacial score (nSPS) is 15.6. The molecule has 1 aliphatic rings. The van der Waals surface area contributed by atoms with Crippen LogP contribution >= 0.6 is 0 Å². The van der Waals surface area contributed by atoms with Gasteiger partial charge in [0.15, 0.2) is 0 Å². The molecule has 3 nitrogen and oxygen atoms in total. The van der Waals surface area contributed by atoms with E-state index < -0.39 is 0 Å². The van der Waals surface area contributed by atoms with Crippen LogP contribution in [0.4, 0.5) is 11.4 Å². The second-order valence-corrected chi connectivity index (χ2v) is 11.1. The van der Waals surface area contributed by atoms with Crippen LogP contribution in [0.15, 0.2) is 76.7 Å². The lowest BCUT2D eigenvalue weighted by molar-refractivity contribution is 0.834. The van der Waals surface area contributed by atoms with Gasteiger partial charge in [0.25, 0.3) is 0 Å². The molecule has 3 heteroatoms. The fraction of sp³-hybridized carbons (Fsp3) is 0.424. The Bertz CT molecular complexity index is 1150. The van der Waals surface area contributed by atoms with Crippen molar-refractivity contribution in [1.29, 1.82) is 0 Å². The molecule has 192 valence electrons. The van der Waals surface area contributed by atoms with Crippen molar-refractivity contribution in [3.05, 3.63) is 94.0 Å². The first kappa shape index (κ1) is 27.5. The number of rotatable bonds is 8. The molecule has 0 unspecified atom stereocenters. The summed E-state index contributed by atoms with van der Waals surface area (Å²) in [6.07, 6.45) is 6.36. The van der Waals surface area contributed by atoms with Crippen LogP contribution in [0, 0.1) is 0 Å². The lowest BCUT2D eigenvalue weighted by Gasteiger charge is -2.24.